The van der Waals surface area contributed by atoms with Gasteiger partial charge >= 0.3 is 0 Å². The third-order valence-electron chi connectivity index (χ3n) is 3.12. The molecule has 2 rings (SSSR count). The summed E-state index contributed by atoms with van der Waals surface area (Å²) < 4.78 is 0. The van der Waals surface area contributed by atoms with E-state index >= 15 is 0 Å². The average Bonchev–Trinajstić information content (AvgIpc) is 2.47. The number of hydrogen-bond acceptors (Lipinski definition) is 2. The van der Waals surface area contributed by atoms with Gasteiger partial charge in [-0.2, -0.15) is 0 Å². The Bertz CT molecular complexity index is 215. The molecule has 0 aliphatic carbocycles. The molecule has 0 N–H and O–H groups in total. The molecule has 0 aromatic heterocycles. The van der Waals surface area contributed by atoms with Gasteiger partial charge in [0.2, 0.25) is 5.91 Å². The second-order valence-electron chi connectivity index (χ2n) is 4.43. The lowest BCUT2D eigenvalue weighted by Gasteiger charge is -2.35. The van der Waals surface area contributed by atoms with Crippen molar-refractivity contribution in [3.05, 3.63) is 0 Å². The van der Waals surface area contributed by atoms with Crippen LogP contribution in [0.25, 0.3) is 0 Å². The molecule has 0 aromatic rings. The van der Waals surface area contributed by atoms with Gasteiger partial charge in [-0.15, -0.1) is 0 Å². The maximum absolute atomic E-state index is 11.8. The smallest absolute Gasteiger partial charge is 0.225 e. The fourth-order valence-corrected chi connectivity index (χ4v) is 2.32. The van der Waals surface area contributed by atoms with Crippen LogP contribution in [0, 0.1) is 5.92 Å². The number of rotatable bonds is 1. The van der Waals surface area contributed by atoms with Crippen LogP contribution in [0.3, 0.4) is 0 Å². The van der Waals surface area contributed by atoms with Gasteiger partial charge in [-0.05, 0) is 6.42 Å². The Morgan fingerprint density at radius 2 is 2.08 bits per heavy atom. The number of amides is 1. The first kappa shape index (κ1) is 9.00. The number of fused-ring (bicyclic) bond motifs is 2. The molecule has 0 aromatic carbocycles. The summed E-state index contributed by atoms with van der Waals surface area (Å²) in [5, 5.41) is 0. The van der Waals surface area contributed by atoms with Gasteiger partial charge in [0.1, 0.15) is 0 Å². The molecular formula is C10H18N2O. The van der Waals surface area contributed by atoms with Crippen LogP contribution >= 0.6 is 0 Å². The van der Waals surface area contributed by atoms with Crippen LogP contribution in [0.5, 0.6) is 0 Å². The monoisotopic (exact) mass is 182 g/mol. The molecule has 0 radical (unpaired) electrons. The molecule has 2 aliphatic rings. The highest BCUT2D eigenvalue weighted by Crippen LogP contribution is 2.21. The van der Waals surface area contributed by atoms with Gasteiger partial charge in [0.05, 0.1) is 0 Å². The van der Waals surface area contributed by atoms with E-state index in [9.17, 15) is 4.79 Å². The normalized spacial score (nSPS) is 32.7. The molecule has 2 saturated heterocycles. The van der Waals surface area contributed by atoms with E-state index in [1.54, 1.807) is 0 Å². The third kappa shape index (κ3) is 1.57. The lowest BCUT2D eigenvalue weighted by atomic mass is 10.1. The summed E-state index contributed by atoms with van der Waals surface area (Å²) in [6, 6.07) is 0.517. The van der Waals surface area contributed by atoms with Gasteiger partial charge in [-0.25, -0.2) is 0 Å². The highest BCUT2D eigenvalue weighted by molar-refractivity contribution is 5.78. The lowest BCUT2D eigenvalue weighted by Crippen LogP contribution is -2.50. The summed E-state index contributed by atoms with van der Waals surface area (Å²) in [4.78, 5) is 16.3. The Kier molecular flexibility index (Phi) is 2.28. The summed E-state index contributed by atoms with van der Waals surface area (Å²) in [5.74, 6) is 0.499. The van der Waals surface area contributed by atoms with Crippen molar-refractivity contribution in [2.45, 2.75) is 26.3 Å². The summed E-state index contributed by atoms with van der Waals surface area (Å²) in [6.45, 7) is 8.30. The minimum atomic E-state index is 0.159. The van der Waals surface area contributed by atoms with E-state index in [0.29, 0.717) is 11.9 Å². The summed E-state index contributed by atoms with van der Waals surface area (Å²) in [6.07, 6.45) is 1.18. The quantitative estimate of drug-likeness (QED) is 0.591. The van der Waals surface area contributed by atoms with E-state index in [0.717, 1.165) is 19.6 Å². The Hall–Kier alpha value is -0.570. The molecule has 0 spiro atoms. The molecule has 0 saturated carbocycles. The molecule has 3 heteroatoms. The zero-order valence-corrected chi connectivity index (χ0v) is 8.49. The van der Waals surface area contributed by atoms with Crippen LogP contribution < -0.4 is 0 Å². The molecule has 74 valence electrons. The Morgan fingerprint density at radius 3 is 2.77 bits per heavy atom. The van der Waals surface area contributed by atoms with Crippen molar-refractivity contribution in [2.24, 2.45) is 5.92 Å². The van der Waals surface area contributed by atoms with E-state index in [1.807, 2.05) is 13.8 Å². The van der Waals surface area contributed by atoms with Crippen LogP contribution in [-0.4, -0.2) is 47.9 Å². The number of hydrogen-bond donors (Lipinski definition) is 0. The van der Waals surface area contributed by atoms with E-state index in [4.69, 9.17) is 0 Å². The largest absolute Gasteiger partial charge is 0.337 e. The molecule has 2 bridgehead atoms. The highest BCUT2D eigenvalue weighted by atomic mass is 16.2. The highest BCUT2D eigenvalue weighted by Gasteiger charge is 2.35. The zero-order chi connectivity index (χ0) is 9.42. The Morgan fingerprint density at radius 1 is 1.31 bits per heavy atom. The van der Waals surface area contributed by atoms with Gasteiger partial charge < -0.3 is 4.90 Å². The first-order chi connectivity index (χ1) is 6.18. The van der Waals surface area contributed by atoms with Gasteiger partial charge in [0.15, 0.2) is 0 Å². The number of piperazine rings is 1. The molecule has 13 heavy (non-hydrogen) atoms. The fraction of sp³-hybridized carbons (Fsp3) is 0.900. The van der Waals surface area contributed by atoms with Crippen LogP contribution in [0.1, 0.15) is 20.3 Å². The summed E-state index contributed by atoms with van der Waals surface area (Å²) in [5.41, 5.74) is 0. The minimum Gasteiger partial charge on any atom is -0.337 e. The van der Waals surface area contributed by atoms with E-state index < -0.39 is 0 Å². The van der Waals surface area contributed by atoms with Crippen molar-refractivity contribution in [1.82, 2.24) is 9.80 Å². The number of nitrogens with zero attached hydrogens (tertiary/aromatic N) is 2. The summed E-state index contributed by atoms with van der Waals surface area (Å²) >= 11 is 0. The SMILES string of the molecule is CC(C)C(=O)N1CCN2CCC1C2. The van der Waals surface area contributed by atoms with Crippen LogP contribution in [0.2, 0.25) is 0 Å². The molecule has 2 heterocycles. The maximum Gasteiger partial charge on any atom is 0.225 e. The van der Waals surface area contributed by atoms with Gasteiger partial charge in [-0.1, -0.05) is 13.8 Å². The van der Waals surface area contributed by atoms with Gasteiger partial charge in [-0.3, -0.25) is 9.69 Å². The van der Waals surface area contributed by atoms with Crippen molar-refractivity contribution in [1.29, 1.82) is 0 Å². The first-order valence-corrected chi connectivity index (χ1v) is 5.21. The second-order valence-corrected chi connectivity index (χ2v) is 4.43. The van der Waals surface area contributed by atoms with Crippen molar-refractivity contribution in [2.75, 3.05) is 26.2 Å². The lowest BCUT2D eigenvalue weighted by molar-refractivity contribution is -0.137. The Labute approximate surface area is 79.7 Å². The second kappa shape index (κ2) is 3.29. The number of carbonyl (C=O) groups excluding carboxylic acids is 1. The van der Waals surface area contributed by atoms with Crippen molar-refractivity contribution in [3.63, 3.8) is 0 Å². The fourth-order valence-electron chi connectivity index (χ4n) is 2.32. The van der Waals surface area contributed by atoms with Crippen LogP contribution in [0.15, 0.2) is 0 Å². The molecule has 1 amide bonds. The maximum atomic E-state index is 11.8. The molecule has 2 fully saturated rings. The molecule has 2 unspecified atom stereocenters. The predicted octanol–water partition coefficient (Wildman–Crippen LogP) is 0.559. The van der Waals surface area contributed by atoms with Gasteiger partial charge in [0, 0.05) is 38.1 Å². The number of carbonyl (C=O) groups is 1. The predicted molar refractivity (Wildman–Crippen MR) is 51.4 cm³/mol. The third-order valence-corrected chi connectivity index (χ3v) is 3.12. The zero-order valence-electron chi connectivity index (χ0n) is 8.49. The van der Waals surface area contributed by atoms with Crippen LogP contribution in [0.4, 0.5) is 0 Å². The molecule has 2 atom stereocenters. The molecular weight excluding hydrogens is 164 g/mol. The van der Waals surface area contributed by atoms with Crippen molar-refractivity contribution in [3.8, 4) is 0 Å². The minimum absolute atomic E-state index is 0.159. The van der Waals surface area contributed by atoms with Crippen molar-refractivity contribution >= 4 is 5.91 Å². The molecule has 2 aliphatic heterocycles. The van der Waals surface area contributed by atoms with E-state index in [2.05, 4.69) is 9.80 Å². The standard InChI is InChI=1S/C10H18N2O/c1-8(2)10(13)12-6-5-11-4-3-9(12)7-11/h8-9H,3-7H2,1-2H3. The average molecular weight is 182 g/mol. The topological polar surface area (TPSA) is 23.6 Å². The molecule has 3 nitrogen and oxygen atoms in total. The van der Waals surface area contributed by atoms with Gasteiger partial charge in [0.25, 0.3) is 0 Å². The Balaban J connectivity index is 2.03. The van der Waals surface area contributed by atoms with E-state index in [1.165, 1.54) is 13.0 Å². The van der Waals surface area contributed by atoms with Crippen molar-refractivity contribution < 1.29 is 4.79 Å². The first-order valence-electron chi connectivity index (χ1n) is 5.21. The van der Waals surface area contributed by atoms with Crippen LogP contribution in [-0.2, 0) is 4.79 Å². The summed E-state index contributed by atoms with van der Waals surface area (Å²) in [7, 11) is 0. The van der Waals surface area contributed by atoms with E-state index in [-0.39, 0.29) is 5.92 Å².